The molecule has 1 unspecified atom stereocenters. The number of benzene rings is 1. The molecule has 0 aliphatic heterocycles. The maximum Gasteiger partial charge on any atom is 0.411 e. The molecule has 2 aromatic rings. The van der Waals surface area contributed by atoms with E-state index in [1.807, 2.05) is 26.8 Å². The van der Waals surface area contributed by atoms with Gasteiger partial charge in [0.25, 0.3) is 0 Å². The van der Waals surface area contributed by atoms with E-state index in [4.69, 9.17) is 4.74 Å². The maximum absolute atomic E-state index is 12.6. The third-order valence-electron chi connectivity index (χ3n) is 3.89. The van der Waals surface area contributed by atoms with Crippen LogP contribution in [0.1, 0.15) is 36.8 Å². The highest BCUT2D eigenvalue weighted by molar-refractivity contribution is 5.96. The van der Waals surface area contributed by atoms with E-state index in [2.05, 4.69) is 15.7 Å². The molecular formula is C18H24N4O3. The summed E-state index contributed by atoms with van der Waals surface area (Å²) in [6, 6.07) is 6.79. The molecule has 1 aromatic carbocycles. The van der Waals surface area contributed by atoms with Gasteiger partial charge >= 0.3 is 6.09 Å². The molecule has 0 aliphatic carbocycles. The van der Waals surface area contributed by atoms with Crippen molar-refractivity contribution >= 4 is 23.4 Å². The van der Waals surface area contributed by atoms with Gasteiger partial charge in [-0.1, -0.05) is 6.07 Å². The molecule has 0 saturated carbocycles. The number of nitrogens with zero attached hydrogens (tertiary/aromatic N) is 2. The SMILES string of the molecule is CCOC(=O)Nc1cccc(NC(=O)C(C)n2nc(C)cc2C)c1C. The fourth-order valence-electron chi connectivity index (χ4n) is 2.57. The van der Waals surface area contributed by atoms with Gasteiger partial charge in [-0.25, -0.2) is 4.79 Å². The minimum absolute atomic E-state index is 0.178. The van der Waals surface area contributed by atoms with Crippen molar-refractivity contribution in [2.45, 2.75) is 40.7 Å². The molecule has 0 fully saturated rings. The Morgan fingerprint density at radius 1 is 1.20 bits per heavy atom. The third-order valence-corrected chi connectivity index (χ3v) is 3.89. The number of aryl methyl sites for hydroxylation is 2. The second kappa shape index (κ2) is 7.83. The van der Waals surface area contributed by atoms with Crippen molar-refractivity contribution in [3.8, 4) is 0 Å². The van der Waals surface area contributed by atoms with E-state index < -0.39 is 12.1 Å². The van der Waals surface area contributed by atoms with Crippen LogP contribution in [0.15, 0.2) is 24.3 Å². The summed E-state index contributed by atoms with van der Waals surface area (Å²) in [7, 11) is 0. The van der Waals surface area contributed by atoms with Crippen LogP contribution in [0.4, 0.5) is 16.2 Å². The zero-order valence-corrected chi connectivity index (χ0v) is 15.2. The van der Waals surface area contributed by atoms with Gasteiger partial charge in [-0.2, -0.15) is 5.10 Å². The van der Waals surface area contributed by atoms with Crippen LogP contribution >= 0.6 is 0 Å². The van der Waals surface area contributed by atoms with E-state index in [1.165, 1.54) is 0 Å². The molecule has 25 heavy (non-hydrogen) atoms. The first-order valence-corrected chi connectivity index (χ1v) is 8.20. The summed E-state index contributed by atoms with van der Waals surface area (Å²) in [6.45, 7) is 9.46. The van der Waals surface area contributed by atoms with Gasteiger partial charge in [0.15, 0.2) is 0 Å². The number of aromatic nitrogens is 2. The Morgan fingerprint density at radius 2 is 1.84 bits per heavy atom. The van der Waals surface area contributed by atoms with Crippen LogP contribution < -0.4 is 10.6 Å². The highest BCUT2D eigenvalue weighted by Gasteiger charge is 2.19. The predicted molar refractivity (Wildman–Crippen MR) is 96.9 cm³/mol. The fraction of sp³-hybridized carbons (Fsp3) is 0.389. The minimum Gasteiger partial charge on any atom is -0.450 e. The van der Waals surface area contributed by atoms with E-state index >= 15 is 0 Å². The number of anilines is 2. The standard InChI is InChI=1S/C18H24N4O3/c1-6-25-18(24)20-16-9-7-8-15(13(16)4)19-17(23)14(5)22-12(3)10-11(2)21-22/h7-10,14H,6H2,1-5H3,(H,19,23)(H,20,24). The van der Waals surface area contributed by atoms with E-state index in [-0.39, 0.29) is 5.91 Å². The van der Waals surface area contributed by atoms with Crippen LogP contribution in [0.3, 0.4) is 0 Å². The number of carbonyl (C=O) groups excluding carboxylic acids is 2. The van der Waals surface area contributed by atoms with E-state index in [9.17, 15) is 9.59 Å². The van der Waals surface area contributed by atoms with Crippen LogP contribution in [0.25, 0.3) is 0 Å². The molecular weight excluding hydrogens is 320 g/mol. The summed E-state index contributed by atoms with van der Waals surface area (Å²) in [5, 5.41) is 9.92. The second-order valence-electron chi connectivity index (χ2n) is 5.86. The number of ether oxygens (including phenoxy) is 1. The molecule has 2 amide bonds. The Balaban J connectivity index is 2.15. The lowest BCUT2D eigenvalue weighted by molar-refractivity contribution is -0.119. The van der Waals surface area contributed by atoms with Crippen molar-refractivity contribution in [2.24, 2.45) is 0 Å². The van der Waals surface area contributed by atoms with Gasteiger partial charge in [0.05, 0.1) is 12.3 Å². The van der Waals surface area contributed by atoms with Crippen molar-refractivity contribution in [3.05, 3.63) is 41.2 Å². The molecule has 1 aromatic heterocycles. The third kappa shape index (κ3) is 4.37. The Morgan fingerprint density at radius 3 is 2.40 bits per heavy atom. The van der Waals surface area contributed by atoms with Crippen LogP contribution in [0.5, 0.6) is 0 Å². The van der Waals surface area contributed by atoms with Crippen LogP contribution in [0, 0.1) is 20.8 Å². The van der Waals surface area contributed by atoms with Crippen molar-refractivity contribution in [2.75, 3.05) is 17.2 Å². The van der Waals surface area contributed by atoms with E-state index in [0.717, 1.165) is 17.0 Å². The van der Waals surface area contributed by atoms with Gasteiger partial charge in [-0.3, -0.25) is 14.8 Å². The fourth-order valence-corrected chi connectivity index (χ4v) is 2.57. The summed E-state index contributed by atoms with van der Waals surface area (Å²) < 4.78 is 6.58. The van der Waals surface area contributed by atoms with Gasteiger partial charge in [0, 0.05) is 17.1 Å². The van der Waals surface area contributed by atoms with Crippen LogP contribution in [-0.2, 0) is 9.53 Å². The Bertz CT molecular complexity index is 783. The zero-order valence-electron chi connectivity index (χ0n) is 15.2. The van der Waals surface area contributed by atoms with Crippen molar-refractivity contribution in [1.29, 1.82) is 0 Å². The molecule has 134 valence electrons. The van der Waals surface area contributed by atoms with E-state index in [0.29, 0.717) is 18.0 Å². The first-order chi connectivity index (χ1) is 11.8. The van der Waals surface area contributed by atoms with Gasteiger partial charge in [0.1, 0.15) is 6.04 Å². The second-order valence-corrected chi connectivity index (χ2v) is 5.86. The molecule has 0 saturated heterocycles. The average molecular weight is 344 g/mol. The topological polar surface area (TPSA) is 85.3 Å². The quantitative estimate of drug-likeness (QED) is 0.868. The summed E-state index contributed by atoms with van der Waals surface area (Å²) in [4.78, 5) is 24.2. The molecule has 2 N–H and O–H groups in total. The molecule has 0 spiro atoms. The first-order valence-electron chi connectivity index (χ1n) is 8.20. The molecule has 0 aliphatic rings. The summed E-state index contributed by atoms with van der Waals surface area (Å²) >= 11 is 0. The molecule has 0 bridgehead atoms. The lowest BCUT2D eigenvalue weighted by Gasteiger charge is -2.17. The number of carbonyl (C=O) groups is 2. The molecule has 1 heterocycles. The summed E-state index contributed by atoms with van der Waals surface area (Å²) in [5.74, 6) is -0.178. The van der Waals surface area contributed by atoms with Gasteiger partial charge in [-0.05, 0) is 58.4 Å². The number of hydrogen-bond acceptors (Lipinski definition) is 4. The largest absolute Gasteiger partial charge is 0.450 e. The number of hydrogen-bond donors (Lipinski definition) is 2. The van der Waals surface area contributed by atoms with Crippen molar-refractivity contribution in [1.82, 2.24) is 9.78 Å². The molecule has 7 heteroatoms. The molecule has 7 nitrogen and oxygen atoms in total. The molecule has 2 rings (SSSR count). The van der Waals surface area contributed by atoms with Crippen molar-refractivity contribution in [3.63, 3.8) is 0 Å². The molecule has 1 atom stereocenters. The van der Waals surface area contributed by atoms with Crippen molar-refractivity contribution < 1.29 is 14.3 Å². The number of amides is 2. The summed E-state index contributed by atoms with van der Waals surface area (Å²) in [5.41, 5.74) is 3.77. The van der Waals surface area contributed by atoms with Gasteiger partial charge in [-0.15, -0.1) is 0 Å². The Labute approximate surface area is 147 Å². The average Bonchev–Trinajstić information content (AvgIpc) is 2.89. The van der Waals surface area contributed by atoms with E-state index in [1.54, 1.807) is 36.7 Å². The lowest BCUT2D eigenvalue weighted by atomic mass is 10.1. The smallest absolute Gasteiger partial charge is 0.411 e. The number of rotatable bonds is 5. The maximum atomic E-state index is 12.6. The number of nitrogens with one attached hydrogen (secondary N) is 2. The Kier molecular flexibility index (Phi) is 5.80. The van der Waals surface area contributed by atoms with Gasteiger partial charge in [0.2, 0.25) is 5.91 Å². The Hall–Kier alpha value is -2.83. The molecule has 0 radical (unpaired) electrons. The van der Waals surface area contributed by atoms with Crippen LogP contribution in [-0.4, -0.2) is 28.4 Å². The van der Waals surface area contributed by atoms with Gasteiger partial charge < -0.3 is 10.1 Å². The normalized spacial score (nSPS) is 11.7. The highest BCUT2D eigenvalue weighted by Crippen LogP contribution is 2.24. The monoisotopic (exact) mass is 344 g/mol. The first kappa shape index (κ1) is 18.5. The zero-order chi connectivity index (χ0) is 18.6. The predicted octanol–water partition coefficient (Wildman–Crippen LogP) is 3.58. The van der Waals surface area contributed by atoms with Crippen LogP contribution in [0.2, 0.25) is 0 Å². The summed E-state index contributed by atoms with van der Waals surface area (Å²) in [6.07, 6.45) is -0.523. The highest BCUT2D eigenvalue weighted by atomic mass is 16.5. The lowest BCUT2D eigenvalue weighted by Crippen LogP contribution is -2.25. The minimum atomic E-state index is -0.523.